The van der Waals surface area contributed by atoms with E-state index in [1.807, 2.05) is 0 Å². The van der Waals surface area contributed by atoms with Crippen LogP contribution < -0.4 is 0 Å². The van der Waals surface area contributed by atoms with Crippen LogP contribution in [0.5, 0.6) is 0 Å². The molecule has 0 bridgehead atoms. The third-order valence-corrected chi connectivity index (χ3v) is 2.31. The predicted octanol–water partition coefficient (Wildman–Crippen LogP) is 5.31. The van der Waals surface area contributed by atoms with Crippen LogP contribution >= 0.6 is 34.8 Å². The van der Waals surface area contributed by atoms with Gasteiger partial charge in [0.25, 0.3) is 0 Å². The van der Waals surface area contributed by atoms with Crippen LogP contribution in [0.15, 0.2) is 42.3 Å². The van der Waals surface area contributed by atoms with E-state index in [0.717, 1.165) is 6.07 Å². The van der Waals surface area contributed by atoms with Crippen LogP contribution in [0.4, 0.5) is 0 Å². The third-order valence-electron chi connectivity index (χ3n) is 1.64. The fraction of sp³-hybridized carbons (Fsp3) is 0. The van der Waals surface area contributed by atoms with Crippen LogP contribution in [0.1, 0.15) is 8.22 Å². The van der Waals surface area contributed by atoms with Crippen LogP contribution in [0.25, 0.3) is 11.1 Å². The van der Waals surface area contributed by atoms with Gasteiger partial charge in [-0.1, -0.05) is 46.9 Å². The summed E-state index contributed by atoms with van der Waals surface area (Å²) in [6.45, 7) is 0. The van der Waals surface area contributed by atoms with Crippen molar-refractivity contribution in [2.45, 2.75) is 0 Å². The maximum Gasteiger partial charge on any atom is 0.0646 e. The van der Waals surface area contributed by atoms with Gasteiger partial charge in [-0.25, -0.2) is 0 Å². The molecule has 0 aromatic heterocycles. The van der Waals surface area contributed by atoms with E-state index in [1.165, 1.54) is 0 Å². The van der Waals surface area contributed by atoms with E-state index >= 15 is 0 Å². The smallest absolute Gasteiger partial charge is 0.0646 e. The Balaban J connectivity index is 2.96. The van der Waals surface area contributed by atoms with Gasteiger partial charge >= 0.3 is 0 Å². The molecule has 2 aromatic rings. The van der Waals surface area contributed by atoms with Crippen molar-refractivity contribution in [3.8, 4) is 11.1 Å². The van der Waals surface area contributed by atoms with Crippen molar-refractivity contribution in [2.24, 2.45) is 0 Å². The van der Waals surface area contributed by atoms with Crippen molar-refractivity contribution in [1.82, 2.24) is 0 Å². The summed E-state index contributed by atoms with van der Waals surface area (Å²) in [5.41, 5.74) is -0.180. The minimum Gasteiger partial charge on any atom is -0.0843 e. The molecular weight excluding hydrogens is 250 g/mol. The summed E-state index contributed by atoms with van der Waals surface area (Å²) in [5, 5.41) is -0.719. The molecule has 0 amide bonds. The molecule has 0 radical (unpaired) electrons. The molecule has 76 valence electrons. The molecule has 0 spiro atoms. The summed E-state index contributed by atoms with van der Waals surface area (Å²) < 4.78 is 46.6. The van der Waals surface area contributed by atoms with Gasteiger partial charge in [-0.2, -0.15) is 0 Å². The first kappa shape index (κ1) is 5.58. The molecule has 2 rings (SSSR count). The molecule has 0 nitrogen and oxygen atoms in total. The lowest BCUT2D eigenvalue weighted by Gasteiger charge is -2.05. The topological polar surface area (TPSA) is 0 Å². The molecule has 0 fully saturated rings. The van der Waals surface area contributed by atoms with Crippen molar-refractivity contribution in [2.75, 3.05) is 0 Å². The van der Waals surface area contributed by atoms with Crippen LogP contribution in [-0.4, -0.2) is 0 Å². The predicted molar refractivity (Wildman–Crippen MR) is 66.9 cm³/mol. The van der Waals surface area contributed by atoms with Gasteiger partial charge < -0.3 is 0 Å². The van der Waals surface area contributed by atoms with Crippen molar-refractivity contribution >= 4 is 34.8 Å². The standard InChI is InChI=1S/C12H7Cl3/c13-9-3-1-2-8(6-9)11-7-10(14)4-5-12(11)15/h1-7H/i2D,3D,4D,5D,6D,7D. The maximum absolute atomic E-state index is 7.95. The molecule has 0 aliphatic heterocycles. The van der Waals surface area contributed by atoms with Gasteiger partial charge in [0.1, 0.15) is 0 Å². The number of halogens is 3. The first-order valence-corrected chi connectivity index (χ1v) is 5.03. The zero-order chi connectivity index (χ0) is 16.1. The summed E-state index contributed by atoms with van der Waals surface area (Å²) in [6, 6.07) is -0.756. The summed E-state index contributed by atoms with van der Waals surface area (Å²) in [6.07, 6.45) is 0. The molecule has 0 atom stereocenters. The Hall–Kier alpha value is -0.690. The summed E-state index contributed by atoms with van der Waals surface area (Å²) >= 11 is 17.7. The molecule has 0 saturated carbocycles. The number of hydrogen-bond acceptors (Lipinski definition) is 0. The minimum absolute atomic E-state index is 0.0820. The Morgan fingerprint density at radius 3 is 2.40 bits per heavy atom. The zero-order valence-corrected chi connectivity index (χ0v) is 9.48. The molecule has 0 saturated heterocycles. The van der Waals surface area contributed by atoms with Crippen LogP contribution in [0, 0.1) is 0 Å². The first-order chi connectivity index (χ1) is 9.68. The lowest BCUT2D eigenvalue weighted by atomic mass is 10.1. The van der Waals surface area contributed by atoms with Crippen molar-refractivity contribution < 1.29 is 8.22 Å². The Labute approximate surface area is 112 Å². The Morgan fingerprint density at radius 1 is 0.867 bits per heavy atom. The molecule has 2 aromatic carbocycles. The lowest BCUT2D eigenvalue weighted by molar-refractivity contribution is 1.62. The molecule has 0 unspecified atom stereocenters. The largest absolute Gasteiger partial charge is 0.0843 e. The summed E-state index contributed by atoms with van der Waals surface area (Å²) in [4.78, 5) is 0. The van der Waals surface area contributed by atoms with Gasteiger partial charge in [0, 0.05) is 20.6 Å². The summed E-state index contributed by atoms with van der Waals surface area (Å²) in [7, 11) is 0. The fourth-order valence-electron chi connectivity index (χ4n) is 1.03. The third kappa shape index (κ3) is 2.46. The van der Waals surface area contributed by atoms with Crippen molar-refractivity contribution in [3.63, 3.8) is 0 Å². The molecular formula is C12H7Cl3. The Bertz CT molecular complexity index is 731. The summed E-state index contributed by atoms with van der Waals surface area (Å²) in [5.74, 6) is 0. The van der Waals surface area contributed by atoms with Gasteiger partial charge in [0.05, 0.1) is 8.22 Å². The molecule has 0 heterocycles. The maximum atomic E-state index is 7.95. The molecule has 3 heteroatoms. The van der Waals surface area contributed by atoms with Crippen molar-refractivity contribution in [3.05, 3.63) is 57.4 Å². The minimum atomic E-state index is -0.392. The second-order valence-corrected chi connectivity index (χ2v) is 3.76. The first-order valence-electron chi connectivity index (χ1n) is 6.89. The highest BCUT2D eigenvalue weighted by molar-refractivity contribution is 6.35. The van der Waals surface area contributed by atoms with Crippen molar-refractivity contribution in [1.29, 1.82) is 0 Å². The van der Waals surface area contributed by atoms with E-state index in [0.29, 0.717) is 0 Å². The highest BCUT2D eigenvalue weighted by Gasteiger charge is 2.04. The van der Waals surface area contributed by atoms with Crippen LogP contribution in [0.2, 0.25) is 15.1 Å². The highest BCUT2D eigenvalue weighted by Crippen LogP contribution is 2.31. The van der Waals surface area contributed by atoms with Gasteiger partial charge in [-0.05, 0) is 35.8 Å². The quantitative estimate of drug-likeness (QED) is 0.654. The molecule has 15 heavy (non-hydrogen) atoms. The average Bonchev–Trinajstić information content (AvgIpc) is 2.44. The number of hydrogen-bond donors (Lipinski definition) is 0. The zero-order valence-electron chi connectivity index (χ0n) is 13.2. The molecule has 0 N–H and O–H groups in total. The average molecular weight is 264 g/mol. The van der Waals surface area contributed by atoms with Gasteiger partial charge in [0.15, 0.2) is 0 Å². The van der Waals surface area contributed by atoms with E-state index in [-0.39, 0.29) is 50.4 Å². The van der Waals surface area contributed by atoms with E-state index in [4.69, 9.17) is 43.0 Å². The van der Waals surface area contributed by atoms with E-state index < -0.39 is 12.1 Å². The van der Waals surface area contributed by atoms with Gasteiger partial charge in [0.2, 0.25) is 0 Å². The normalized spacial score (nSPS) is 15.9. The Morgan fingerprint density at radius 2 is 1.60 bits per heavy atom. The molecule has 0 aliphatic rings. The fourth-order valence-corrected chi connectivity index (χ4v) is 1.51. The second-order valence-electron chi connectivity index (χ2n) is 2.62. The van der Waals surface area contributed by atoms with E-state index in [1.54, 1.807) is 0 Å². The number of rotatable bonds is 1. The van der Waals surface area contributed by atoms with E-state index in [2.05, 4.69) is 0 Å². The lowest BCUT2D eigenvalue weighted by Crippen LogP contribution is -1.79. The highest BCUT2D eigenvalue weighted by atomic mass is 35.5. The monoisotopic (exact) mass is 262 g/mol. The SMILES string of the molecule is [2H]c1cc([2H])c(-c2c([2H])c(Cl)c([2H])c([2H])c2Cl)c([2H])c1Cl. The van der Waals surface area contributed by atoms with Gasteiger partial charge in [-0.15, -0.1) is 0 Å². The second kappa shape index (κ2) is 4.44. The number of benzene rings is 2. The van der Waals surface area contributed by atoms with Gasteiger partial charge in [-0.3, -0.25) is 0 Å². The Kier molecular flexibility index (Phi) is 1.65. The van der Waals surface area contributed by atoms with Crippen LogP contribution in [0.3, 0.4) is 0 Å². The van der Waals surface area contributed by atoms with Crippen LogP contribution in [-0.2, 0) is 0 Å². The van der Waals surface area contributed by atoms with E-state index in [9.17, 15) is 0 Å². The molecule has 0 aliphatic carbocycles.